The van der Waals surface area contributed by atoms with Crippen molar-refractivity contribution in [3.8, 4) is 0 Å². The van der Waals surface area contributed by atoms with Crippen LogP contribution in [0.2, 0.25) is 5.02 Å². The molecule has 0 amide bonds. The Bertz CT molecular complexity index is 441. The first-order valence-corrected chi connectivity index (χ1v) is 6.76. The summed E-state index contributed by atoms with van der Waals surface area (Å²) in [6, 6.07) is 8.29. The molecule has 0 aliphatic heterocycles. The molecule has 0 aliphatic carbocycles. The van der Waals surface area contributed by atoms with Gasteiger partial charge in [-0.3, -0.25) is 0 Å². The summed E-state index contributed by atoms with van der Waals surface area (Å²) in [6.07, 6.45) is 1.03. The van der Waals surface area contributed by atoms with E-state index >= 15 is 0 Å². The summed E-state index contributed by atoms with van der Waals surface area (Å²) in [5.41, 5.74) is 2.24. The van der Waals surface area contributed by atoms with Crippen LogP contribution in [0.1, 0.15) is 30.6 Å². The molecule has 0 bridgehead atoms. The van der Waals surface area contributed by atoms with Crippen LogP contribution in [-0.2, 0) is 6.54 Å². The maximum Gasteiger partial charge on any atom is 0.0893 e. The summed E-state index contributed by atoms with van der Waals surface area (Å²) in [7, 11) is 0. The van der Waals surface area contributed by atoms with Gasteiger partial charge < -0.3 is 5.32 Å². The Labute approximate surface area is 110 Å². The van der Waals surface area contributed by atoms with Gasteiger partial charge in [0.2, 0.25) is 0 Å². The normalized spacial score (nSPS) is 12.6. The highest BCUT2D eigenvalue weighted by molar-refractivity contribution is 7.03. The standard InChI is InChI=1S/C12H14ClN3S/c1-2-12(9-3-5-10(13)6-4-9)14-7-11-8-17-16-15-11/h3-6,8,12,14H,2,7H2,1H3. The van der Waals surface area contributed by atoms with Gasteiger partial charge in [-0.1, -0.05) is 35.1 Å². The van der Waals surface area contributed by atoms with Crippen LogP contribution in [0.5, 0.6) is 0 Å². The van der Waals surface area contributed by atoms with Gasteiger partial charge in [-0.25, -0.2) is 0 Å². The molecule has 17 heavy (non-hydrogen) atoms. The predicted molar refractivity (Wildman–Crippen MR) is 71.2 cm³/mol. The van der Waals surface area contributed by atoms with Crippen LogP contribution in [0.15, 0.2) is 29.6 Å². The molecule has 1 atom stereocenters. The van der Waals surface area contributed by atoms with Crippen LogP contribution in [0.4, 0.5) is 0 Å². The third kappa shape index (κ3) is 3.49. The van der Waals surface area contributed by atoms with E-state index in [0.29, 0.717) is 6.04 Å². The minimum absolute atomic E-state index is 0.328. The highest BCUT2D eigenvalue weighted by Gasteiger charge is 2.09. The van der Waals surface area contributed by atoms with Crippen LogP contribution in [-0.4, -0.2) is 9.59 Å². The third-order valence-electron chi connectivity index (χ3n) is 2.62. The second kappa shape index (κ2) is 6.10. The lowest BCUT2D eigenvalue weighted by Gasteiger charge is -2.16. The number of aromatic nitrogens is 2. The first-order valence-electron chi connectivity index (χ1n) is 5.54. The molecule has 1 heterocycles. The summed E-state index contributed by atoms with van der Waals surface area (Å²) < 4.78 is 3.84. The number of rotatable bonds is 5. The van der Waals surface area contributed by atoms with E-state index in [1.165, 1.54) is 17.1 Å². The molecule has 5 heteroatoms. The van der Waals surface area contributed by atoms with Crippen LogP contribution in [0, 0.1) is 0 Å². The van der Waals surface area contributed by atoms with Crippen molar-refractivity contribution in [2.75, 3.05) is 0 Å². The fourth-order valence-electron chi connectivity index (χ4n) is 1.68. The molecule has 0 spiro atoms. The van der Waals surface area contributed by atoms with E-state index in [2.05, 4.69) is 34.0 Å². The van der Waals surface area contributed by atoms with E-state index < -0.39 is 0 Å². The molecule has 3 nitrogen and oxygen atoms in total. The Morgan fingerprint density at radius 3 is 2.71 bits per heavy atom. The van der Waals surface area contributed by atoms with Crippen molar-refractivity contribution in [2.45, 2.75) is 25.9 Å². The summed E-state index contributed by atoms with van der Waals surface area (Å²) >= 11 is 7.26. The molecule has 2 rings (SSSR count). The number of nitrogens with zero attached hydrogens (tertiary/aromatic N) is 2. The molecule has 90 valence electrons. The minimum atomic E-state index is 0.328. The zero-order valence-electron chi connectivity index (χ0n) is 9.56. The van der Waals surface area contributed by atoms with Gasteiger partial charge in [0.25, 0.3) is 0 Å². The first kappa shape index (κ1) is 12.5. The second-order valence-electron chi connectivity index (χ2n) is 3.79. The minimum Gasteiger partial charge on any atom is -0.304 e. The Morgan fingerprint density at radius 1 is 1.35 bits per heavy atom. The topological polar surface area (TPSA) is 37.8 Å². The van der Waals surface area contributed by atoms with Crippen molar-refractivity contribution < 1.29 is 0 Å². The van der Waals surface area contributed by atoms with Gasteiger partial charge in [0.05, 0.1) is 5.69 Å². The van der Waals surface area contributed by atoms with Gasteiger partial charge in [0.1, 0.15) is 0 Å². The molecule has 1 unspecified atom stereocenters. The van der Waals surface area contributed by atoms with Gasteiger partial charge >= 0.3 is 0 Å². The van der Waals surface area contributed by atoms with Gasteiger partial charge in [-0.2, -0.15) is 0 Å². The van der Waals surface area contributed by atoms with Gasteiger partial charge in [-0.05, 0) is 35.6 Å². The van der Waals surface area contributed by atoms with Crippen LogP contribution in [0.3, 0.4) is 0 Å². The smallest absolute Gasteiger partial charge is 0.0893 e. The maximum atomic E-state index is 5.88. The lowest BCUT2D eigenvalue weighted by Crippen LogP contribution is -2.20. The molecular weight excluding hydrogens is 254 g/mol. The molecular formula is C12H14ClN3S. The summed E-state index contributed by atoms with van der Waals surface area (Å²) in [5, 5.41) is 10.2. The Balaban J connectivity index is 1.99. The highest BCUT2D eigenvalue weighted by atomic mass is 35.5. The largest absolute Gasteiger partial charge is 0.304 e. The molecule has 0 radical (unpaired) electrons. The fourth-order valence-corrected chi connectivity index (χ4v) is 2.26. The molecule has 1 aromatic carbocycles. The molecule has 1 aromatic heterocycles. The van der Waals surface area contributed by atoms with Crippen molar-refractivity contribution in [1.82, 2.24) is 14.9 Å². The predicted octanol–water partition coefficient (Wildman–Crippen LogP) is 3.43. The lowest BCUT2D eigenvalue weighted by atomic mass is 10.0. The van der Waals surface area contributed by atoms with Crippen LogP contribution >= 0.6 is 23.1 Å². The number of hydrogen-bond donors (Lipinski definition) is 1. The van der Waals surface area contributed by atoms with E-state index in [1.54, 1.807) is 0 Å². The molecule has 0 aliphatic rings. The molecule has 1 N–H and O–H groups in total. The second-order valence-corrected chi connectivity index (χ2v) is 4.84. The van der Waals surface area contributed by atoms with E-state index in [1.807, 2.05) is 17.5 Å². The zero-order chi connectivity index (χ0) is 12.1. The van der Waals surface area contributed by atoms with Crippen LogP contribution in [0.25, 0.3) is 0 Å². The Hall–Kier alpha value is -0.970. The Kier molecular flexibility index (Phi) is 4.48. The SMILES string of the molecule is CCC(NCc1csnn1)c1ccc(Cl)cc1. The average molecular weight is 268 g/mol. The number of hydrogen-bond acceptors (Lipinski definition) is 4. The zero-order valence-corrected chi connectivity index (χ0v) is 11.1. The van der Waals surface area contributed by atoms with Gasteiger partial charge in [-0.15, -0.1) is 5.10 Å². The number of halogens is 1. The monoisotopic (exact) mass is 267 g/mol. The average Bonchev–Trinajstić information content (AvgIpc) is 2.85. The number of nitrogens with one attached hydrogen (secondary N) is 1. The Morgan fingerprint density at radius 2 is 2.12 bits per heavy atom. The molecule has 0 saturated heterocycles. The quantitative estimate of drug-likeness (QED) is 0.902. The highest BCUT2D eigenvalue weighted by Crippen LogP contribution is 2.19. The van der Waals surface area contributed by atoms with E-state index in [0.717, 1.165) is 23.7 Å². The van der Waals surface area contributed by atoms with Gasteiger partial charge in [0, 0.05) is 23.0 Å². The first-order chi connectivity index (χ1) is 8.29. The van der Waals surface area contributed by atoms with Gasteiger partial charge in [0.15, 0.2) is 0 Å². The number of benzene rings is 1. The van der Waals surface area contributed by atoms with Crippen molar-refractivity contribution in [1.29, 1.82) is 0 Å². The lowest BCUT2D eigenvalue weighted by molar-refractivity contribution is 0.514. The summed E-state index contributed by atoms with van der Waals surface area (Å²) in [5.74, 6) is 0. The third-order valence-corrected chi connectivity index (χ3v) is 3.42. The summed E-state index contributed by atoms with van der Waals surface area (Å²) in [6.45, 7) is 2.91. The van der Waals surface area contributed by atoms with E-state index in [9.17, 15) is 0 Å². The van der Waals surface area contributed by atoms with Crippen LogP contribution < -0.4 is 5.32 Å². The van der Waals surface area contributed by atoms with E-state index in [-0.39, 0.29) is 0 Å². The van der Waals surface area contributed by atoms with Crippen molar-refractivity contribution in [2.24, 2.45) is 0 Å². The fraction of sp³-hybridized carbons (Fsp3) is 0.333. The molecule has 0 fully saturated rings. The van der Waals surface area contributed by atoms with Crippen molar-refractivity contribution in [3.63, 3.8) is 0 Å². The molecule has 0 saturated carbocycles. The summed E-state index contributed by atoms with van der Waals surface area (Å²) in [4.78, 5) is 0. The maximum absolute atomic E-state index is 5.88. The molecule has 2 aromatic rings. The van der Waals surface area contributed by atoms with E-state index in [4.69, 9.17) is 11.6 Å². The van der Waals surface area contributed by atoms with Crippen molar-refractivity contribution >= 4 is 23.1 Å². The van der Waals surface area contributed by atoms with Crippen molar-refractivity contribution in [3.05, 3.63) is 45.9 Å².